The normalized spacial score (nSPS) is 23.7. The van der Waals surface area contributed by atoms with Gasteiger partial charge in [-0.3, -0.25) is 14.4 Å². The molecule has 4 atom stereocenters. The van der Waals surface area contributed by atoms with Crippen LogP contribution in [0.5, 0.6) is 0 Å². The van der Waals surface area contributed by atoms with Crippen molar-refractivity contribution >= 4 is 29.2 Å². The van der Waals surface area contributed by atoms with Crippen LogP contribution in [0, 0.1) is 0 Å². The number of pyridine rings is 1. The molecule has 10 nitrogen and oxygen atoms in total. The number of hydrogen-bond donors (Lipinski definition) is 5. The van der Waals surface area contributed by atoms with E-state index in [1.54, 1.807) is 24.4 Å². The number of hydrogen-bond acceptors (Lipinski definition) is 7. The topological polar surface area (TPSA) is 141 Å². The molecule has 3 saturated heterocycles. The summed E-state index contributed by atoms with van der Waals surface area (Å²) in [6, 6.07) is 9.83. The highest BCUT2D eigenvalue weighted by atomic mass is 16.2. The molecule has 1 aromatic heterocycles. The van der Waals surface area contributed by atoms with E-state index in [0.29, 0.717) is 22.4 Å². The summed E-state index contributed by atoms with van der Waals surface area (Å²) >= 11 is 0. The van der Waals surface area contributed by atoms with Crippen LogP contribution in [0.4, 0.5) is 11.5 Å². The molecule has 0 unspecified atom stereocenters. The van der Waals surface area contributed by atoms with Gasteiger partial charge in [0, 0.05) is 54.2 Å². The minimum absolute atomic E-state index is 0.0533. The molecule has 0 radical (unpaired) electrons. The van der Waals surface area contributed by atoms with Gasteiger partial charge < -0.3 is 31.9 Å². The van der Waals surface area contributed by atoms with E-state index in [1.165, 1.54) is 0 Å². The van der Waals surface area contributed by atoms with E-state index in [9.17, 15) is 14.4 Å². The summed E-state index contributed by atoms with van der Waals surface area (Å²) in [7, 11) is 0. The lowest BCUT2D eigenvalue weighted by Gasteiger charge is -2.40. The molecule has 3 aliphatic heterocycles. The van der Waals surface area contributed by atoms with E-state index in [4.69, 9.17) is 5.73 Å². The monoisotopic (exact) mass is 547 g/mol. The van der Waals surface area contributed by atoms with E-state index in [2.05, 4.69) is 45.0 Å². The Labute approximate surface area is 235 Å². The molecular formula is C30H41N7O3. The number of piperidine rings is 1. The highest BCUT2D eigenvalue weighted by Crippen LogP contribution is 2.38. The smallest absolute Gasteiger partial charge is 0.253 e. The van der Waals surface area contributed by atoms with E-state index in [-0.39, 0.29) is 42.0 Å². The molecule has 3 amide bonds. The van der Waals surface area contributed by atoms with Gasteiger partial charge in [0.05, 0.1) is 11.1 Å². The molecular weight excluding hydrogens is 506 g/mol. The summed E-state index contributed by atoms with van der Waals surface area (Å²) in [5.74, 6) is 0.139. The molecule has 1 aromatic carbocycles. The quantitative estimate of drug-likeness (QED) is 0.308. The lowest BCUT2D eigenvalue weighted by Crippen LogP contribution is -2.50. The predicted octanol–water partition coefficient (Wildman–Crippen LogP) is 2.80. The van der Waals surface area contributed by atoms with Crippen LogP contribution in [0.3, 0.4) is 0 Å². The summed E-state index contributed by atoms with van der Waals surface area (Å²) in [5, 5.41) is 12.9. The highest BCUT2D eigenvalue weighted by molar-refractivity contribution is 6.02. The van der Waals surface area contributed by atoms with Crippen LogP contribution >= 0.6 is 0 Å². The Kier molecular flexibility index (Phi) is 8.54. The number of anilines is 2. The average Bonchev–Trinajstić information content (AvgIpc) is 3.56. The number of aromatic nitrogens is 1. The van der Waals surface area contributed by atoms with Gasteiger partial charge in [-0.25, -0.2) is 4.98 Å². The second-order valence-electron chi connectivity index (χ2n) is 11.3. The van der Waals surface area contributed by atoms with Gasteiger partial charge in [-0.1, -0.05) is 13.8 Å². The van der Waals surface area contributed by atoms with Crippen molar-refractivity contribution in [1.82, 2.24) is 20.9 Å². The molecule has 40 heavy (non-hydrogen) atoms. The van der Waals surface area contributed by atoms with Crippen molar-refractivity contribution in [1.29, 1.82) is 0 Å². The van der Waals surface area contributed by atoms with Crippen molar-refractivity contribution in [3.63, 3.8) is 0 Å². The van der Waals surface area contributed by atoms with Crippen LogP contribution in [0.2, 0.25) is 0 Å². The van der Waals surface area contributed by atoms with Gasteiger partial charge >= 0.3 is 0 Å². The van der Waals surface area contributed by atoms with Crippen LogP contribution in [-0.4, -0.2) is 66.0 Å². The average molecular weight is 548 g/mol. The van der Waals surface area contributed by atoms with Gasteiger partial charge in [-0.05, 0) is 81.8 Å². The third-order valence-electron chi connectivity index (χ3n) is 8.63. The van der Waals surface area contributed by atoms with E-state index < -0.39 is 5.91 Å². The number of nitrogens with one attached hydrogen (secondary N) is 4. The number of fused-ring (bicyclic) bond motifs is 2. The fraction of sp³-hybridized carbons (Fsp3) is 0.533. The van der Waals surface area contributed by atoms with Crippen molar-refractivity contribution in [2.24, 2.45) is 5.73 Å². The molecule has 214 valence electrons. The van der Waals surface area contributed by atoms with Crippen molar-refractivity contribution in [2.75, 3.05) is 23.3 Å². The zero-order valence-corrected chi connectivity index (χ0v) is 23.4. The first-order chi connectivity index (χ1) is 19.4. The Bertz CT molecular complexity index is 1210. The Hall–Kier alpha value is -3.66. The largest absolute Gasteiger partial charge is 0.382 e. The zero-order valence-electron chi connectivity index (χ0n) is 23.4. The third kappa shape index (κ3) is 6.06. The molecule has 6 N–H and O–H groups in total. The fourth-order valence-electron chi connectivity index (χ4n) is 6.39. The van der Waals surface area contributed by atoms with Crippen molar-refractivity contribution < 1.29 is 14.4 Å². The zero-order chi connectivity index (χ0) is 28.2. The van der Waals surface area contributed by atoms with Crippen LogP contribution in [0.15, 0.2) is 36.5 Å². The minimum Gasteiger partial charge on any atom is -0.382 e. The van der Waals surface area contributed by atoms with Gasteiger partial charge in [0.2, 0.25) is 0 Å². The molecule has 0 spiro atoms. The van der Waals surface area contributed by atoms with Gasteiger partial charge in [-0.2, -0.15) is 0 Å². The summed E-state index contributed by atoms with van der Waals surface area (Å²) in [4.78, 5) is 44.8. The summed E-state index contributed by atoms with van der Waals surface area (Å²) in [6.07, 6.45) is 8.17. The van der Waals surface area contributed by atoms with E-state index in [1.807, 2.05) is 12.1 Å². The number of benzene rings is 1. The molecule has 0 saturated carbocycles. The standard InChI is InChI=1S/C30H41N7O3/c1-3-20(4-2)34-26-13-18(5-9-25(26)28(31)38)29(39)36-22-14-23-7-8-24(15-22)37(23)27-10-6-19(16-33-27)30(40)35-21-11-12-32-17-21/h5-6,9-10,13,16,20-24,32,34H,3-4,7-8,11-12,14-15,17H2,1-2H3,(H2,31,38)(H,35,40)(H,36,39)/t21-,22-,23+,24-/m1/s1. The molecule has 2 aromatic rings. The number of nitrogens with zero attached hydrogens (tertiary/aromatic N) is 2. The van der Waals surface area contributed by atoms with Crippen LogP contribution < -0.4 is 31.9 Å². The third-order valence-corrected chi connectivity index (χ3v) is 8.63. The van der Waals surface area contributed by atoms with Gasteiger partial charge in [0.1, 0.15) is 5.82 Å². The van der Waals surface area contributed by atoms with Crippen molar-refractivity contribution in [3.8, 4) is 0 Å². The second-order valence-corrected chi connectivity index (χ2v) is 11.3. The molecule has 3 fully saturated rings. The lowest BCUT2D eigenvalue weighted by molar-refractivity contribution is 0.0922. The Balaban J connectivity index is 1.21. The highest BCUT2D eigenvalue weighted by Gasteiger charge is 2.42. The Morgan fingerprint density at radius 3 is 2.25 bits per heavy atom. The SMILES string of the molecule is CCC(CC)Nc1cc(C(=O)N[C@H]2C[C@H]3CC[C@@H](C2)N3c2ccc(C(=O)N[C@@H]3CCNC3)cn2)ccc1C(N)=O. The molecule has 5 rings (SSSR count). The van der Waals surface area contributed by atoms with Crippen LogP contribution in [-0.2, 0) is 0 Å². The maximum absolute atomic E-state index is 13.3. The Morgan fingerprint density at radius 2 is 1.65 bits per heavy atom. The summed E-state index contributed by atoms with van der Waals surface area (Å²) < 4.78 is 0. The van der Waals surface area contributed by atoms with Gasteiger partial charge in [-0.15, -0.1) is 0 Å². The number of nitrogens with two attached hydrogens (primary N) is 1. The van der Waals surface area contributed by atoms with Gasteiger partial charge in [0.25, 0.3) is 17.7 Å². The van der Waals surface area contributed by atoms with Gasteiger partial charge in [0.15, 0.2) is 0 Å². The molecule has 0 aliphatic carbocycles. The molecule has 2 bridgehead atoms. The van der Waals surface area contributed by atoms with Crippen molar-refractivity contribution in [2.45, 2.75) is 89.0 Å². The number of rotatable bonds is 10. The molecule has 3 aliphatic rings. The lowest BCUT2D eigenvalue weighted by atomic mass is 9.96. The number of carbonyl (C=O) groups excluding carboxylic acids is 3. The van der Waals surface area contributed by atoms with Crippen molar-refractivity contribution in [3.05, 3.63) is 53.2 Å². The Morgan fingerprint density at radius 1 is 0.975 bits per heavy atom. The van der Waals surface area contributed by atoms with E-state index in [0.717, 1.165) is 63.9 Å². The van der Waals surface area contributed by atoms with E-state index >= 15 is 0 Å². The number of carbonyl (C=O) groups is 3. The maximum atomic E-state index is 13.3. The maximum Gasteiger partial charge on any atom is 0.253 e. The minimum atomic E-state index is -0.516. The second kappa shape index (κ2) is 12.2. The molecule has 4 heterocycles. The summed E-state index contributed by atoms with van der Waals surface area (Å²) in [6.45, 7) is 5.90. The predicted molar refractivity (Wildman–Crippen MR) is 156 cm³/mol. The molecule has 10 heteroatoms. The fourth-order valence-corrected chi connectivity index (χ4v) is 6.39. The first kappa shape index (κ1) is 27.9. The van der Waals surface area contributed by atoms with Crippen LogP contribution in [0.25, 0.3) is 0 Å². The first-order valence-corrected chi connectivity index (χ1v) is 14.6. The van der Waals surface area contributed by atoms with Crippen LogP contribution in [0.1, 0.15) is 89.9 Å². The summed E-state index contributed by atoms with van der Waals surface area (Å²) in [5.41, 5.74) is 7.67. The number of amides is 3. The first-order valence-electron chi connectivity index (χ1n) is 14.6. The number of primary amides is 1.